The first-order valence-electron chi connectivity index (χ1n) is 16.5. The van der Waals surface area contributed by atoms with Gasteiger partial charge in [0.05, 0.1) is 5.69 Å². The summed E-state index contributed by atoms with van der Waals surface area (Å²) in [7, 11) is 0. The lowest BCUT2D eigenvalue weighted by atomic mass is 9.59. The third-order valence-corrected chi connectivity index (χ3v) is 11.0. The van der Waals surface area contributed by atoms with Gasteiger partial charge in [-0.2, -0.15) is 4.98 Å². The molecule has 3 fully saturated rings. The second-order valence-electron chi connectivity index (χ2n) is 14.0. The molecule has 1 amide bonds. The van der Waals surface area contributed by atoms with Crippen molar-refractivity contribution < 1.29 is 14.3 Å². The fraction of sp³-hybridized carbons (Fsp3) is 0.528. The van der Waals surface area contributed by atoms with Crippen LogP contribution in [0.15, 0.2) is 53.4 Å². The fourth-order valence-electron chi connectivity index (χ4n) is 7.90. The van der Waals surface area contributed by atoms with Gasteiger partial charge < -0.3 is 14.4 Å². The van der Waals surface area contributed by atoms with E-state index in [1.54, 1.807) is 6.92 Å². The minimum absolute atomic E-state index is 0.0271. The summed E-state index contributed by atoms with van der Waals surface area (Å²) in [5.74, 6) is 1.81. The van der Waals surface area contributed by atoms with Crippen LogP contribution in [0.3, 0.4) is 0 Å². The first kappa shape index (κ1) is 30.5. The van der Waals surface area contributed by atoms with Crippen molar-refractivity contribution in [2.45, 2.75) is 96.0 Å². The summed E-state index contributed by atoms with van der Waals surface area (Å²) in [5.41, 5.74) is 5.86. The number of hydrogen-bond donors (Lipinski definition) is 1. The van der Waals surface area contributed by atoms with E-state index in [0.29, 0.717) is 35.8 Å². The van der Waals surface area contributed by atoms with E-state index < -0.39 is 0 Å². The van der Waals surface area contributed by atoms with Gasteiger partial charge in [0.15, 0.2) is 0 Å². The second-order valence-corrected chi connectivity index (χ2v) is 14.9. The Morgan fingerprint density at radius 1 is 1.07 bits per heavy atom. The molecule has 1 spiro atoms. The van der Waals surface area contributed by atoms with Gasteiger partial charge in [0.25, 0.3) is 0 Å². The molecule has 2 unspecified atom stereocenters. The first-order chi connectivity index (χ1) is 21.7. The minimum Gasteiger partial charge on any atom is -0.476 e. The topological polar surface area (TPSA) is 83.1 Å². The number of nitrogens with zero attached hydrogens (tertiary/aromatic N) is 4. The van der Waals surface area contributed by atoms with Crippen LogP contribution in [0, 0.1) is 25.2 Å². The van der Waals surface area contributed by atoms with Crippen molar-refractivity contribution in [2.24, 2.45) is 11.3 Å². The summed E-state index contributed by atoms with van der Waals surface area (Å²) in [6.45, 7) is 12.8. The summed E-state index contributed by atoms with van der Waals surface area (Å²) in [6.07, 6.45) is 5.55. The quantitative estimate of drug-likeness (QED) is 0.241. The zero-order valence-electron chi connectivity index (χ0n) is 27.1. The number of likely N-dealkylation sites (tertiary alicyclic amines) is 1. The Labute approximate surface area is 271 Å². The van der Waals surface area contributed by atoms with E-state index in [1.165, 1.54) is 28.6 Å². The molecule has 3 aromatic rings. The van der Waals surface area contributed by atoms with Crippen LogP contribution in [0.5, 0.6) is 5.88 Å². The smallest absolute Gasteiger partial charge is 0.237 e. The van der Waals surface area contributed by atoms with Crippen LogP contribution >= 0.6 is 11.9 Å². The fourth-order valence-corrected chi connectivity index (χ4v) is 8.54. The maximum atomic E-state index is 12.0. The Kier molecular flexibility index (Phi) is 8.29. The Morgan fingerprint density at radius 2 is 1.80 bits per heavy atom. The van der Waals surface area contributed by atoms with Crippen LogP contribution < -0.4 is 9.46 Å². The number of carbonyl (C=O) groups excluding carboxylic acids is 1. The van der Waals surface area contributed by atoms with E-state index in [9.17, 15) is 4.79 Å². The zero-order valence-corrected chi connectivity index (χ0v) is 27.9. The number of epoxide rings is 1. The number of hydrogen-bond acceptors (Lipinski definition) is 8. The summed E-state index contributed by atoms with van der Waals surface area (Å²) < 4.78 is 16.6. The lowest BCUT2D eigenvalue weighted by molar-refractivity contribution is -0.134. The molecule has 2 aromatic carbocycles. The molecule has 45 heavy (non-hydrogen) atoms. The van der Waals surface area contributed by atoms with Crippen molar-refractivity contribution in [1.82, 2.24) is 19.8 Å². The average Bonchev–Trinajstić information content (AvgIpc) is 3.78. The Balaban J connectivity index is 1.22. The number of nitrogens with one attached hydrogen (secondary N) is 1. The van der Waals surface area contributed by atoms with Gasteiger partial charge >= 0.3 is 0 Å². The summed E-state index contributed by atoms with van der Waals surface area (Å²) in [6, 6.07) is 17.6. The maximum Gasteiger partial charge on any atom is 0.237 e. The van der Waals surface area contributed by atoms with Crippen LogP contribution in [0.25, 0.3) is 11.3 Å². The SMILES string of the molecule is CC(=O)N1CCC2(CC1)CC(N1C3OC3c3cccc(c3)SNc3nc(cc(-c4c(C)cccc4C)n3)OC[C@H]1CC(C)C)C2. The summed E-state index contributed by atoms with van der Waals surface area (Å²) >= 11 is 1.51. The molecule has 4 bridgehead atoms. The number of ether oxygens (including phenoxy) is 2. The average molecular weight is 628 g/mol. The first-order valence-corrected chi connectivity index (χ1v) is 17.3. The number of fused-ring (bicyclic) bond motifs is 6. The number of aryl methyl sites for hydroxylation is 2. The molecule has 8 nitrogen and oxygen atoms in total. The van der Waals surface area contributed by atoms with Crippen LogP contribution in [-0.2, 0) is 9.53 Å². The number of benzene rings is 2. The molecule has 7 rings (SSSR count). The molecule has 0 radical (unpaired) electrons. The highest BCUT2D eigenvalue weighted by atomic mass is 32.2. The molecule has 2 saturated heterocycles. The van der Waals surface area contributed by atoms with E-state index >= 15 is 0 Å². The zero-order chi connectivity index (χ0) is 31.3. The number of carbonyl (C=O) groups is 1. The highest BCUT2D eigenvalue weighted by Gasteiger charge is 2.56. The Morgan fingerprint density at radius 3 is 2.51 bits per heavy atom. The monoisotopic (exact) mass is 627 g/mol. The predicted molar refractivity (Wildman–Crippen MR) is 178 cm³/mol. The molecule has 1 aromatic heterocycles. The van der Waals surface area contributed by atoms with Gasteiger partial charge in [-0.15, -0.1) is 0 Å². The molecule has 238 valence electrons. The molecule has 3 aliphatic heterocycles. The molecular formula is C36H45N5O3S. The summed E-state index contributed by atoms with van der Waals surface area (Å²) in [4.78, 5) is 27.5. The normalized spacial score (nSPS) is 24.7. The molecular weight excluding hydrogens is 582 g/mol. The lowest BCUT2D eigenvalue weighted by Crippen LogP contribution is -2.59. The van der Waals surface area contributed by atoms with Gasteiger partial charge in [-0.1, -0.05) is 44.2 Å². The number of piperidine rings is 1. The Bertz CT molecular complexity index is 1540. The largest absolute Gasteiger partial charge is 0.476 e. The van der Waals surface area contributed by atoms with Crippen LogP contribution in [0.1, 0.15) is 75.7 Å². The highest BCUT2D eigenvalue weighted by Crippen LogP contribution is 2.55. The summed E-state index contributed by atoms with van der Waals surface area (Å²) in [5, 5.41) is 0. The van der Waals surface area contributed by atoms with Crippen molar-refractivity contribution in [1.29, 1.82) is 0 Å². The minimum atomic E-state index is 0.0271. The number of rotatable bonds is 4. The van der Waals surface area contributed by atoms with Crippen molar-refractivity contribution in [3.8, 4) is 17.1 Å². The van der Waals surface area contributed by atoms with Crippen molar-refractivity contribution in [2.75, 3.05) is 24.4 Å². The molecule has 4 heterocycles. The standard InChI is InChI=1S/C36H45N5O3S/c1-22(2)16-27-21-43-31-18-30(32-23(3)8-6-9-24(32)4)37-35(38-31)39-45-29-11-7-10-26(17-29)33-34(44-33)41(27)28-19-36(20-28)12-14-40(15-13-36)25(5)42/h6-11,17-18,22,27-28,33-34H,12-16,19-21H2,1-5H3,(H,37,38,39)/t27-,33?,34?/m1/s1. The highest BCUT2D eigenvalue weighted by molar-refractivity contribution is 8.00. The van der Waals surface area contributed by atoms with Crippen LogP contribution in [-0.4, -0.2) is 63.7 Å². The number of anilines is 1. The van der Waals surface area contributed by atoms with Gasteiger partial charge in [0.1, 0.15) is 18.9 Å². The van der Waals surface area contributed by atoms with Crippen LogP contribution in [0.4, 0.5) is 5.95 Å². The molecule has 1 N–H and O–H groups in total. The second kappa shape index (κ2) is 12.2. The van der Waals surface area contributed by atoms with Crippen LogP contribution in [0.2, 0.25) is 0 Å². The van der Waals surface area contributed by atoms with Crippen molar-refractivity contribution >= 4 is 23.8 Å². The number of amides is 1. The third-order valence-electron chi connectivity index (χ3n) is 10.3. The molecule has 1 aliphatic carbocycles. The Hall–Kier alpha value is -3.14. The van der Waals surface area contributed by atoms with Gasteiger partial charge in [-0.25, -0.2) is 4.98 Å². The molecule has 9 heteroatoms. The van der Waals surface area contributed by atoms with Gasteiger partial charge in [-0.3, -0.25) is 14.4 Å². The van der Waals surface area contributed by atoms with E-state index in [0.717, 1.165) is 61.3 Å². The molecule has 1 saturated carbocycles. The van der Waals surface area contributed by atoms with Gasteiger partial charge in [-0.05, 0) is 98.1 Å². The van der Waals surface area contributed by atoms with Crippen molar-refractivity contribution in [3.05, 3.63) is 65.2 Å². The predicted octanol–water partition coefficient (Wildman–Crippen LogP) is 7.18. The third kappa shape index (κ3) is 6.31. The molecule has 4 aliphatic rings. The lowest BCUT2D eigenvalue weighted by Gasteiger charge is -2.56. The van der Waals surface area contributed by atoms with E-state index in [2.05, 4.69) is 79.8 Å². The number of aromatic nitrogens is 2. The van der Waals surface area contributed by atoms with E-state index in [1.807, 2.05) is 11.0 Å². The maximum absolute atomic E-state index is 12.0. The van der Waals surface area contributed by atoms with Gasteiger partial charge in [0, 0.05) is 48.6 Å². The van der Waals surface area contributed by atoms with Crippen molar-refractivity contribution in [3.63, 3.8) is 0 Å². The molecule has 3 atom stereocenters. The van der Waals surface area contributed by atoms with E-state index in [-0.39, 0.29) is 24.3 Å². The van der Waals surface area contributed by atoms with Gasteiger partial charge in [0.2, 0.25) is 17.7 Å². The van der Waals surface area contributed by atoms with E-state index in [4.69, 9.17) is 19.4 Å².